The standard InChI is InChI=1S/C25H26N4O4S/c1-32-19-6-2-5-18(14-19)26-25-29(12-4-11-28-10-3-7-24(28)31)21(16-34-25)17-8-9-22-20(13-17)27-23(30)15-33-22/h2,5-6,8-9,13-14,16H,3-4,7,10-12,15H2,1H3,(H,27,30). The van der Waals surface area contributed by atoms with Crippen molar-refractivity contribution in [3.8, 4) is 22.8 Å². The first-order chi connectivity index (χ1) is 16.6. The summed E-state index contributed by atoms with van der Waals surface area (Å²) in [6.07, 6.45) is 2.41. The van der Waals surface area contributed by atoms with Crippen LogP contribution in [0.25, 0.3) is 11.3 Å². The maximum atomic E-state index is 12.0. The number of benzene rings is 2. The van der Waals surface area contributed by atoms with E-state index in [1.165, 1.54) is 0 Å². The number of nitrogens with one attached hydrogen (secondary N) is 1. The van der Waals surface area contributed by atoms with Gasteiger partial charge in [-0.3, -0.25) is 9.59 Å². The number of fused-ring (bicyclic) bond motifs is 1. The van der Waals surface area contributed by atoms with E-state index in [9.17, 15) is 9.59 Å². The largest absolute Gasteiger partial charge is 0.497 e. The zero-order chi connectivity index (χ0) is 23.5. The molecule has 0 spiro atoms. The summed E-state index contributed by atoms with van der Waals surface area (Å²) in [5.41, 5.74) is 3.44. The molecule has 1 aromatic heterocycles. The molecule has 0 bridgehead atoms. The Labute approximate surface area is 201 Å². The van der Waals surface area contributed by atoms with Gasteiger partial charge in [0.1, 0.15) is 11.5 Å². The number of rotatable bonds is 7. The summed E-state index contributed by atoms with van der Waals surface area (Å²) in [5.74, 6) is 1.50. The van der Waals surface area contributed by atoms with E-state index in [4.69, 9.17) is 14.5 Å². The highest BCUT2D eigenvalue weighted by molar-refractivity contribution is 7.07. The van der Waals surface area contributed by atoms with Gasteiger partial charge < -0.3 is 24.3 Å². The Kier molecular flexibility index (Phi) is 6.35. The number of amides is 2. The van der Waals surface area contributed by atoms with Gasteiger partial charge in [0, 0.05) is 43.1 Å². The highest BCUT2D eigenvalue weighted by Crippen LogP contribution is 2.33. The first kappa shape index (κ1) is 22.2. The fourth-order valence-electron chi connectivity index (χ4n) is 4.26. The number of anilines is 1. The summed E-state index contributed by atoms with van der Waals surface area (Å²) in [6.45, 7) is 2.31. The fraction of sp³-hybridized carbons (Fsp3) is 0.320. The number of carbonyl (C=O) groups is 2. The zero-order valence-corrected chi connectivity index (χ0v) is 19.8. The predicted molar refractivity (Wildman–Crippen MR) is 131 cm³/mol. The number of hydrogen-bond donors (Lipinski definition) is 1. The molecule has 2 aliphatic rings. The molecule has 0 atom stereocenters. The van der Waals surface area contributed by atoms with Gasteiger partial charge in [-0.05, 0) is 43.2 Å². The van der Waals surface area contributed by atoms with Crippen molar-refractivity contribution in [1.29, 1.82) is 0 Å². The van der Waals surface area contributed by atoms with Gasteiger partial charge in [-0.25, -0.2) is 4.99 Å². The second kappa shape index (κ2) is 9.72. The van der Waals surface area contributed by atoms with Crippen molar-refractivity contribution < 1.29 is 19.1 Å². The van der Waals surface area contributed by atoms with Crippen LogP contribution in [0.2, 0.25) is 0 Å². The molecule has 9 heteroatoms. The minimum atomic E-state index is -0.160. The van der Waals surface area contributed by atoms with Gasteiger partial charge in [-0.2, -0.15) is 0 Å². The molecule has 8 nitrogen and oxygen atoms in total. The monoisotopic (exact) mass is 478 g/mol. The summed E-state index contributed by atoms with van der Waals surface area (Å²) in [6, 6.07) is 13.5. The van der Waals surface area contributed by atoms with Gasteiger partial charge in [-0.15, -0.1) is 11.3 Å². The topological polar surface area (TPSA) is 85.2 Å². The van der Waals surface area contributed by atoms with Gasteiger partial charge in [0.15, 0.2) is 11.4 Å². The van der Waals surface area contributed by atoms with E-state index in [2.05, 4.69) is 15.3 Å². The smallest absolute Gasteiger partial charge is 0.262 e. The van der Waals surface area contributed by atoms with Crippen molar-refractivity contribution in [1.82, 2.24) is 9.47 Å². The number of hydrogen-bond acceptors (Lipinski definition) is 6. The number of nitrogens with zero attached hydrogens (tertiary/aromatic N) is 3. The van der Waals surface area contributed by atoms with Crippen LogP contribution in [-0.4, -0.2) is 48.1 Å². The van der Waals surface area contributed by atoms with Crippen molar-refractivity contribution in [2.45, 2.75) is 25.8 Å². The van der Waals surface area contributed by atoms with E-state index in [0.29, 0.717) is 24.4 Å². The molecule has 0 aliphatic carbocycles. The van der Waals surface area contributed by atoms with Gasteiger partial charge in [0.25, 0.3) is 5.91 Å². The lowest BCUT2D eigenvalue weighted by Gasteiger charge is -2.19. The number of carbonyl (C=O) groups excluding carboxylic acids is 2. The minimum Gasteiger partial charge on any atom is -0.497 e. The number of thiazole rings is 1. The molecule has 0 saturated carbocycles. The molecule has 2 amide bonds. The van der Waals surface area contributed by atoms with E-state index in [1.54, 1.807) is 18.4 Å². The second-order valence-corrected chi connectivity index (χ2v) is 9.09. The highest BCUT2D eigenvalue weighted by Gasteiger charge is 2.20. The van der Waals surface area contributed by atoms with E-state index in [0.717, 1.165) is 53.4 Å². The summed E-state index contributed by atoms with van der Waals surface area (Å²) >= 11 is 1.56. The van der Waals surface area contributed by atoms with Crippen LogP contribution in [0.5, 0.6) is 11.5 Å². The molecule has 176 valence electrons. The van der Waals surface area contributed by atoms with Crippen LogP contribution >= 0.6 is 11.3 Å². The van der Waals surface area contributed by atoms with Crippen LogP contribution in [0.1, 0.15) is 19.3 Å². The van der Waals surface area contributed by atoms with Gasteiger partial charge in [-0.1, -0.05) is 6.07 Å². The molecule has 2 aromatic carbocycles. The number of aromatic nitrogens is 1. The first-order valence-electron chi connectivity index (χ1n) is 11.3. The molecule has 0 unspecified atom stereocenters. The third-order valence-corrected chi connectivity index (χ3v) is 6.83. The van der Waals surface area contributed by atoms with Crippen LogP contribution in [0.4, 0.5) is 11.4 Å². The first-order valence-corrected chi connectivity index (χ1v) is 12.2. The third-order valence-electron chi connectivity index (χ3n) is 5.97. The van der Waals surface area contributed by atoms with E-state index >= 15 is 0 Å². The average molecular weight is 479 g/mol. The van der Waals surface area contributed by atoms with Gasteiger partial charge in [0.05, 0.1) is 24.2 Å². The van der Waals surface area contributed by atoms with E-state index < -0.39 is 0 Å². The van der Waals surface area contributed by atoms with Crippen LogP contribution in [0, 0.1) is 0 Å². The van der Waals surface area contributed by atoms with Crippen molar-refractivity contribution in [3.05, 3.63) is 52.6 Å². The van der Waals surface area contributed by atoms with Crippen molar-refractivity contribution >= 4 is 34.5 Å². The summed E-state index contributed by atoms with van der Waals surface area (Å²) < 4.78 is 13.0. The Morgan fingerprint density at radius 3 is 2.91 bits per heavy atom. The normalized spacial score (nSPS) is 15.8. The number of likely N-dealkylation sites (tertiary alicyclic amines) is 1. The summed E-state index contributed by atoms with van der Waals surface area (Å²) in [7, 11) is 1.64. The number of methoxy groups -OCH3 is 1. The Morgan fingerprint density at radius 1 is 1.18 bits per heavy atom. The van der Waals surface area contributed by atoms with Crippen LogP contribution in [0.3, 0.4) is 0 Å². The molecule has 3 aromatic rings. The minimum absolute atomic E-state index is 0.0313. The molecule has 1 fully saturated rings. The fourth-order valence-corrected chi connectivity index (χ4v) is 5.21. The third kappa shape index (κ3) is 4.70. The maximum absolute atomic E-state index is 12.0. The molecule has 2 aliphatic heterocycles. The van der Waals surface area contributed by atoms with Crippen molar-refractivity contribution in [3.63, 3.8) is 0 Å². The van der Waals surface area contributed by atoms with Crippen molar-refractivity contribution in [2.24, 2.45) is 4.99 Å². The average Bonchev–Trinajstić information content (AvgIpc) is 3.44. The Hall–Kier alpha value is -3.59. The van der Waals surface area contributed by atoms with Crippen LogP contribution in [-0.2, 0) is 16.1 Å². The summed E-state index contributed by atoms with van der Waals surface area (Å²) in [5, 5.41) is 4.96. The molecule has 3 heterocycles. The zero-order valence-electron chi connectivity index (χ0n) is 19.0. The lowest BCUT2D eigenvalue weighted by atomic mass is 10.1. The molecule has 5 rings (SSSR count). The van der Waals surface area contributed by atoms with Crippen LogP contribution in [0.15, 0.2) is 52.8 Å². The molecule has 0 radical (unpaired) electrons. The molecule has 1 N–H and O–H groups in total. The molecular weight excluding hydrogens is 452 g/mol. The van der Waals surface area contributed by atoms with Gasteiger partial charge >= 0.3 is 0 Å². The lowest BCUT2D eigenvalue weighted by molar-refractivity contribution is -0.127. The SMILES string of the molecule is COc1cccc(N=c2scc(-c3ccc4c(c3)NC(=O)CO4)n2CCCN2CCCC2=O)c1. The van der Waals surface area contributed by atoms with Crippen molar-refractivity contribution in [2.75, 3.05) is 32.1 Å². The Morgan fingerprint density at radius 2 is 2.09 bits per heavy atom. The number of ether oxygens (including phenoxy) is 2. The molecular formula is C25H26N4O4S. The molecule has 34 heavy (non-hydrogen) atoms. The lowest BCUT2D eigenvalue weighted by Crippen LogP contribution is -2.27. The molecule has 1 saturated heterocycles. The summed E-state index contributed by atoms with van der Waals surface area (Å²) in [4.78, 5) is 31.5. The van der Waals surface area contributed by atoms with Crippen LogP contribution < -0.4 is 19.6 Å². The highest BCUT2D eigenvalue weighted by atomic mass is 32.1. The Balaban J connectivity index is 1.49. The second-order valence-electron chi connectivity index (χ2n) is 8.25. The predicted octanol–water partition coefficient (Wildman–Crippen LogP) is 3.80. The quantitative estimate of drug-likeness (QED) is 0.560. The van der Waals surface area contributed by atoms with E-state index in [-0.39, 0.29) is 18.4 Å². The van der Waals surface area contributed by atoms with E-state index in [1.807, 2.05) is 47.4 Å². The Bertz CT molecular complexity index is 1300. The maximum Gasteiger partial charge on any atom is 0.262 e. The van der Waals surface area contributed by atoms with Gasteiger partial charge in [0.2, 0.25) is 5.91 Å².